The number of carbonyl (C=O) groups is 1. The fourth-order valence-corrected chi connectivity index (χ4v) is 2.82. The van der Waals surface area contributed by atoms with Crippen molar-refractivity contribution in [1.82, 2.24) is 0 Å². The molecular formula is C13H22O3S. The minimum absolute atomic E-state index is 0.0175. The SMILES string of the molecule is CCCCC1=C(OCCOCC)C(=O)C(C)S1. The van der Waals surface area contributed by atoms with Crippen molar-refractivity contribution in [2.24, 2.45) is 0 Å². The molecule has 1 aliphatic heterocycles. The van der Waals surface area contributed by atoms with Gasteiger partial charge in [0.05, 0.1) is 11.9 Å². The van der Waals surface area contributed by atoms with E-state index in [2.05, 4.69) is 6.92 Å². The van der Waals surface area contributed by atoms with Crippen molar-refractivity contribution in [2.45, 2.75) is 45.3 Å². The molecule has 1 aliphatic rings. The highest BCUT2D eigenvalue weighted by molar-refractivity contribution is 8.04. The summed E-state index contributed by atoms with van der Waals surface area (Å²) in [7, 11) is 0. The van der Waals surface area contributed by atoms with E-state index in [1.165, 1.54) is 0 Å². The van der Waals surface area contributed by atoms with Crippen LogP contribution >= 0.6 is 11.8 Å². The van der Waals surface area contributed by atoms with Crippen molar-refractivity contribution >= 4 is 17.5 Å². The molecule has 0 spiro atoms. The van der Waals surface area contributed by atoms with E-state index in [0.717, 1.165) is 24.2 Å². The van der Waals surface area contributed by atoms with Gasteiger partial charge < -0.3 is 9.47 Å². The third-order valence-electron chi connectivity index (χ3n) is 2.60. The van der Waals surface area contributed by atoms with Gasteiger partial charge in [-0.05, 0) is 26.7 Å². The van der Waals surface area contributed by atoms with Crippen molar-refractivity contribution < 1.29 is 14.3 Å². The molecular weight excluding hydrogens is 236 g/mol. The topological polar surface area (TPSA) is 35.5 Å². The second-order valence-electron chi connectivity index (χ2n) is 4.03. The third-order valence-corrected chi connectivity index (χ3v) is 3.84. The van der Waals surface area contributed by atoms with E-state index in [9.17, 15) is 4.79 Å². The van der Waals surface area contributed by atoms with Gasteiger partial charge in [-0.2, -0.15) is 0 Å². The van der Waals surface area contributed by atoms with Gasteiger partial charge in [-0.1, -0.05) is 13.3 Å². The first-order valence-electron chi connectivity index (χ1n) is 6.35. The van der Waals surface area contributed by atoms with Gasteiger partial charge in [0.2, 0.25) is 5.78 Å². The Kier molecular flexibility index (Phi) is 6.66. The summed E-state index contributed by atoms with van der Waals surface area (Å²) in [5, 5.41) is 0.0175. The van der Waals surface area contributed by atoms with E-state index < -0.39 is 0 Å². The summed E-state index contributed by atoms with van der Waals surface area (Å²) in [5.41, 5.74) is 0. The Morgan fingerprint density at radius 2 is 2.06 bits per heavy atom. The van der Waals surface area contributed by atoms with Crippen LogP contribution in [0.3, 0.4) is 0 Å². The second-order valence-corrected chi connectivity index (χ2v) is 5.46. The zero-order valence-electron chi connectivity index (χ0n) is 11.0. The predicted molar refractivity (Wildman–Crippen MR) is 71.1 cm³/mol. The summed E-state index contributed by atoms with van der Waals surface area (Å²) in [6, 6.07) is 0. The number of rotatable bonds is 8. The Bertz CT molecular complexity index is 286. The molecule has 17 heavy (non-hydrogen) atoms. The van der Waals surface area contributed by atoms with Crippen LogP contribution in [0.1, 0.15) is 40.0 Å². The fourth-order valence-electron chi connectivity index (χ4n) is 1.65. The van der Waals surface area contributed by atoms with E-state index in [1.807, 2.05) is 13.8 Å². The molecule has 0 N–H and O–H groups in total. The van der Waals surface area contributed by atoms with Crippen LogP contribution in [0, 0.1) is 0 Å². The molecule has 0 saturated carbocycles. The molecule has 0 aliphatic carbocycles. The summed E-state index contributed by atoms with van der Waals surface area (Å²) >= 11 is 1.65. The van der Waals surface area contributed by atoms with Gasteiger partial charge in [-0.25, -0.2) is 0 Å². The molecule has 98 valence electrons. The molecule has 0 amide bonds. The predicted octanol–water partition coefficient (Wildman–Crippen LogP) is 3.15. The van der Waals surface area contributed by atoms with E-state index in [-0.39, 0.29) is 11.0 Å². The van der Waals surface area contributed by atoms with Gasteiger partial charge in [0.15, 0.2) is 5.76 Å². The van der Waals surface area contributed by atoms with Crippen molar-refractivity contribution in [3.8, 4) is 0 Å². The number of hydrogen-bond acceptors (Lipinski definition) is 4. The van der Waals surface area contributed by atoms with Gasteiger partial charge >= 0.3 is 0 Å². The number of carbonyl (C=O) groups excluding carboxylic acids is 1. The average molecular weight is 258 g/mol. The molecule has 1 heterocycles. The Hall–Kier alpha value is -0.480. The highest BCUT2D eigenvalue weighted by Crippen LogP contribution is 2.38. The van der Waals surface area contributed by atoms with Crippen molar-refractivity contribution in [3.63, 3.8) is 0 Å². The summed E-state index contributed by atoms with van der Waals surface area (Å²) < 4.78 is 10.8. The maximum Gasteiger partial charge on any atom is 0.211 e. The number of hydrogen-bond donors (Lipinski definition) is 0. The lowest BCUT2D eigenvalue weighted by molar-refractivity contribution is -0.118. The maximum atomic E-state index is 11.9. The minimum Gasteiger partial charge on any atom is -0.487 e. The number of unbranched alkanes of at least 4 members (excludes halogenated alkanes) is 1. The van der Waals surface area contributed by atoms with Crippen molar-refractivity contribution in [3.05, 3.63) is 10.7 Å². The smallest absolute Gasteiger partial charge is 0.211 e. The monoisotopic (exact) mass is 258 g/mol. The van der Waals surface area contributed by atoms with Crippen LogP contribution in [0.2, 0.25) is 0 Å². The molecule has 0 saturated heterocycles. The average Bonchev–Trinajstić information content (AvgIpc) is 2.59. The standard InChI is InChI=1S/C13H22O3S/c1-4-6-7-11-13(12(14)10(3)17-11)16-9-8-15-5-2/h10H,4-9H2,1-3H3. The molecule has 0 aromatic heterocycles. The number of allylic oxidation sites excluding steroid dienone is 2. The zero-order valence-corrected chi connectivity index (χ0v) is 11.8. The van der Waals surface area contributed by atoms with Gasteiger partial charge in [0.25, 0.3) is 0 Å². The zero-order chi connectivity index (χ0) is 12.7. The Balaban J connectivity index is 2.50. The lowest BCUT2D eigenvalue weighted by Gasteiger charge is -2.08. The minimum atomic E-state index is 0.0175. The molecule has 0 aromatic rings. The van der Waals surface area contributed by atoms with Crippen LogP contribution in [0.4, 0.5) is 0 Å². The van der Waals surface area contributed by atoms with Crippen LogP contribution in [0.5, 0.6) is 0 Å². The number of ether oxygens (including phenoxy) is 2. The summed E-state index contributed by atoms with van der Waals surface area (Å²) in [5.74, 6) is 0.730. The van der Waals surface area contributed by atoms with Crippen molar-refractivity contribution in [1.29, 1.82) is 0 Å². The van der Waals surface area contributed by atoms with Gasteiger partial charge in [-0.15, -0.1) is 11.8 Å². The first kappa shape index (κ1) is 14.6. The molecule has 1 atom stereocenters. The lowest BCUT2D eigenvalue weighted by Crippen LogP contribution is -2.14. The largest absolute Gasteiger partial charge is 0.487 e. The van der Waals surface area contributed by atoms with Gasteiger partial charge in [0.1, 0.15) is 6.61 Å². The van der Waals surface area contributed by atoms with Gasteiger partial charge in [0, 0.05) is 11.5 Å². The number of thioether (sulfide) groups is 1. The molecule has 0 aromatic carbocycles. The first-order valence-corrected chi connectivity index (χ1v) is 7.23. The normalized spacial score (nSPS) is 20.2. The summed E-state index contributed by atoms with van der Waals surface area (Å²) in [6.45, 7) is 7.75. The number of Topliss-reactive ketones (excluding diaryl/α,β-unsaturated/α-hetero) is 1. The molecule has 0 radical (unpaired) electrons. The fraction of sp³-hybridized carbons (Fsp3) is 0.769. The van der Waals surface area contributed by atoms with E-state index in [0.29, 0.717) is 25.6 Å². The van der Waals surface area contributed by atoms with Gasteiger partial charge in [-0.3, -0.25) is 4.79 Å². The highest BCUT2D eigenvalue weighted by atomic mass is 32.2. The van der Waals surface area contributed by atoms with Crippen LogP contribution in [-0.4, -0.2) is 30.9 Å². The molecule has 1 unspecified atom stereocenters. The van der Waals surface area contributed by atoms with E-state index in [1.54, 1.807) is 11.8 Å². The summed E-state index contributed by atoms with van der Waals surface area (Å²) in [4.78, 5) is 13.0. The van der Waals surface area contributed by atoms with Crippen LogP contribution in [0.15, 0.2) is 10.7 Å². The molecule has 4 heteroatoms. The molecule has 0 bridgehead atoms. The van der Waals surface area contributed by atoms with E-state index in [4.69, 9.17) is 9.47 Å². The van der Waals surface area contributed by atoms with E-state index >= 15 is 0 Å². The molecule has 1 rings (SSSR count). The lowest BCUT2D eigenvalue weighted by atomic mass is 10.2. The Morgan fingerprint density at radius 3 is 2.71 bits per heavy atom. The molecule has 3 nitrogen and oxygen atoms in total. The Labute approximate surface area is 108 Å². The third kappa shape index (κ3) is 4.36. The highest BCUT2D eigenvalue weighted by Gasteiger charge is 2.31. The first-order chi connectivity index (χ1) is 8.20. The maximum absolute atomic E-state index is 11.9. The van der Waals surface area contributed by atoms with Crippen molar-refractivity contribution in [2.75, 3.05) is 19.8 Å². The summed E-state index contributed by atoms with van der Waals surface area (Å²) in [6.07, 6.45) is 3.21. The van der Waals surface area contributed by atoms with Crippen LogP contribution in [0.25, 0.3) is 0 Å². The molecule has 0 fully saturated rings. The number of ketones is 1. The quantitative estimate of drug-likeness (QED) is 0.627. The van der Waals surface area contributed by atoms with Crippen LogP contribution < -0.4 is 0 Å². The second kappa shape index (κ2) is 7.77. The van der Waals surface area contributed by atoms with Crippen LogP contribution in [-0.2, 0) is 14.3 Å². The Morgan fingerprint density at radius 1 is 1.29 bits per heavy atom.